The van der Waals surface area contributed by atoms with E-state index in [0.717, 1.165) is 41.1 Å². The van der Waals surface area contributed by atoms with Crippen LogP contribution in [0.3, 0.4) is 0 Å². The molecule has 0 amide bonds. The van der Waals surface area contributed by atoms with Crippen LogP contribution in [-0.2, 0) is 61.4 Å². The van der Waals surface area contributed by atoms with Gasteiger partial charge in [-0.3, -0.25) is 19.1 Å². The Morgan fingerprint density at radius 2 is 1.69 bits per heavy atom. The average molecular weight is 757 g/mol. The van der Waals surface area contributed by atoms with Gasteiger partial charge in [-0.15, -0.1) is 0 Å². The van der Waals surface area contributed by atoms with Crippen molar-refractivity contribution in [2.45, 2.75) is 69.3 Å². The summed E-state index contributed by atoms with van der Waals surface area (Å²) in [6.45, 7) is 3.19. The number of rotatable bonds is 19. The lowest BCUT2D eigenvalue weighted by Gasteiger charge is -2.35. The van der Waals surface area contributed by atoms with Crippen LogP contribution in [0.4, 0.5) is 4.79 Å². The van der Waals surface area contributed by atoms with Gasteiger partial charge in [0.05, 0.1) is 62.1 Å². The van der Waals surface area contributed by atoms with Gasteiger partial charge >= 0.3 is 18.1 Å². The molecule has 280 valence electrons. The molecule has 3 aromatic rings. The van der Waals surface area contributed by atoms with Crippen LogP contribution >= 0.6 is 21.6 Å². The highest BCUT2D eigenvalue weighted by molar-refractivity contribution is 8.77. The van der Waals surface area contributed by atoms with Crippen LogP contribution in [0, 0.1) is 0 Å². The molecule has 2 unspecified atom stereocenters. The Bertz CT molecular complexity index is 1800. The summed E-state index contributed by atoms with van der Waals surface area (Å²) >= 11 is 0. The number of hydrogen-bond donors (Lipinski definition) is 0. The summed E-state index contributed by atoms with van der Waals surface area (Å²) in [5.41, 5.74) is 1.25. The van der Waals surface area contributed by atoms with E-state index in [1.54, 1.807) is 17.6 Å². The SMILES string of the molecule is CCC1(OC(=O)OCCOCCOCCOCCOC(=O)CCCCC2CCSS2)C(=O)OCc2c1cc1n(c2=O)-c2cc3ccccc3nc2C1. The fourth-order valence-electron chi connectivity index (χ4n) is 6.49. The monoisotopic (exact) mass is 756 g/mol. The molecule has 1 aromatic carbocycles. The van der Waals surface area contributed by atoms with Crippen molar-refractivity contribution < 1.29 is 47.5 Å². The molecular weight excluding hydrogens is 713 g/mol. The van der Waals surface area contributed by atoms with Gasteiger partial charge in [0, 0.05) is 40.5 Å². The molecule has 3 aliphatic rings. The van der Waals surface area contributed by atoms with Gasteiger partial charge in [-0.25, -0.2) is 9.59 Å². The third-order valence-electron chi connectivity index (χ3n) is 9.19. The maximum atomic E-state index is 13.8. The Hall–Kier alpha value is -3.63. The van der Waals surface area contributed by atoms with Crippen LogP contribution in [0.25, 0.3) is 16.6 Å². The second kappa shape index (κ2) is 18.4. The molecule has 3 aliphatic heterocycles. The summed E-state index contributed by atoms with van der Waals surface area (Å²) in [6, 6.07) is 11.3. The van der Waals surface area contributed by atoms with E-state index in [-0.39, 0.29) is 56.5 Å². The van der Waals surface area contributed by atoms with Crippen molar-refractivity contribution in [3.63, 3.8) is 0 Å². The maximum absolute atomic E-state index is 13.8. The van der Waals surface area contributed by atoms with Crippen molar-refractivity contribution in [2.24, 2.45) is 0 Å². The minimum Gasteiger partial charge on any atom is -0.463 e. The lowest BCUT2D eigenvalue weighted by Crippen LogP contribution is -2.47. The fraction of sp³-hybridized carbons (Fsp3) is 0.541. The maximum Gasteiger partial charge on any atom is 0.509 e. The number of carbonyl (C=O) groups excluding carboxylic acids is 3. The lowest BCUT2D eigenvalue weighted by molar-refractivity contribution is -0.175. The highest BCUT2D eigenvalue weighted by Crippen LogP contribution is 2.41. The number of ether oxygens (including phenoxy) is 7. The lowest BCUT2D eigenvalue weighted by atomic mass is 9.85. The van der Waals surface area contributed by atoms with Gasteiger partial charge in [0.1, 0.15) is 19.8 Å². The zero-order chi connectivity index (χ0) is 36.3. The van der Waals surface area contributed by atoms with E-state index in [1.165, 1.54) is 12.2 Å². The highest BCUT2D eigenvalue weighted by atomic mass is 33.1. The van der Waals surface area contributed by atoms with Crippen molar-refractivity contribution in [1.29, 1.82) is 0 Å². The Balaban J connectivity index is 0.866. The molecule has 0 N–H and O–H groups in total. The van der Waals surface area contributed by atoms with E-state index in [2.05, 4.69) is 0 Å². The van der Waals surface area contributed by atoms with E-state index >= 15 is 0 Å². The molecule has 0 radical (unpaired) electrons. The number of pyridine rings is 2. The molecule has 0 saturated carbocycles. The molecule has 0 aliphatic carbocycles. The number of unbranched alkanes of at least 4 members (excludes halogenated alkanes) is 1. The Labute approximate surface area is 309 Å². The summed E-state index contributed by atoms with van der Waals surface area (Å²) < 4.78 is 39.5. The number of carbonyl (C=O) groups is 3. The van der Waals surface area contributed by atoms with Gasteiger partial charge in [-0.1, -0.05) is 53.1 Å². The van der Waals surface area contributed by atoms with Crippen LogP contribution in [0.5, 0.6) is 0 Å². The minimum absolute atomic E-state index is 0.0355. The average Bonchev–Trinajstić information content (AvgIpc) is 3.80. The highest BCUT2D eigenvalue weighted by Gasteiger charge is 2.51. The summed E-state index contributed by atoms with van der Waals surface area (Å²) in [6.07, 6.45) is 4.12. The third kappa shape index (κ3) is 9.11. The predicted molar refractivity (Wildman–Crippen MR) is 195 cm³/mol. The van der Waals surface area contributed by atoms with Gasteiger partial charge in [0.15, 0.2) is 0 Å². The number of cyclic esters (lactones) is 1. The summed E-state index contributed by atoms with van der Waals surface area (Å²) in [4.78, 5) is 56.4. The zero-order valence-corrected chi connectivity index (χ0v) is 30.9. The molecule has 6 rings (SSSR count). The molecule has 1 fully saturated rings. The molecule has 52 heavy (non-hydrogen) atoms. The van der Waals surface area contributed by atoms with Gasteiger partial charge in [0.25, 0.3) is 5.56 Å². The molecule has 1 saturated heterocycles. The number of hydrogen-bond acceptors (Lipinski definition) is 14. The second-order valence-corrected chi connectivity index (χ2v) is 15.4. The molecule has 0 spiro atoms. The summed E-state index contributed by atoms with van der Waals surface area (Å²) in [5, 5.41) is 1.64. The normalized spacial score (nSPS) is 18.8. The van der Waals surface area contributed by atoms with Crippen molar-refractivity contribution >= 4 is 50.6 Å². The zero-order valence-electron chi connectivity index (χ0n) is 29.3. The van der Waals surface area contributed by atoms with Crippen LogP contribution in [0.1, 0.15) is 68.0 Å². The fourth-order valence-corrected chi connectivity index (χ4v) is 9.52. The van der Waals surface area contributed by atoms with Crippen LogP contribution in [0.15, 0.2) is 41.2 Å². The minimum atomic E-state index is -1.84. The first-order chi connectivity index (χ1) is 25.4. The van der Waals surface area contributed by atoms with Crippen LogP contribution in [0.2, 0.25) is 0 Å². The molecule has 0 bridgehead atoms. The van der Waals surface area contributed by atoms with Crippen LogP contribution < -0.4 is 5.56 Å². The van der Waals surface area contributed by atoms with Crippen molar-refractivity contribution in [2.75, 3.05) is 58.6 Å². The van der Waals surface area contributed by atoms with E-state index < -0.39 is 17.7 Å². The Morgan fingerprint density at radius 3 is 2.42 bits per heavy atom. The van der Waals surface area contributed by atoms with Gasteiger partial charge < -0.3 is 33.2 Å². The van der Waals surface area contributed by atoms with Gasteiger partial charge in [0.2, 0.25) is 5.60 Å². The Kier molecular flexibility index (Phi) is 13.5. The standard InChI is InChI=1S/C37H44N2O11S2/c1-2-37(29-22-26-23-31-32(21-25-7-3-5-9-30(25)38-31)39(26)34(41)28(29)24-49-35(37)42)50-36(43)48-19-17-46-15-13-44-12-14-45-16-18-47-33(40)10-6-4-8-27-11-20-51-52-27/h3,5,7,9,21-22,27H,2,4,6,8,10-20,23-24H2,1H3. The molecule has 15 heteroatoms. The summed E-state index contributed by atoms with van der Waals surface area (Å²) in [5.74, 6) is 0.278. The molecule has 2 atom stereocenters. The van der Waals surface area contributed by atoms with Crippen LogP contribution in [-0.4, -0.2) is 91.5 Å². The predicted octanol–water partition coefficient (Wildman–Crippen LogP) is 5.41. The first-order valence-electron chi connectivity index (χ1n) is 17.8. The molecule has 2 aromatic heterocycles. The molecule has 5 heterocycles. The topological polar surface area (TPSA) is 151 Å². The quantitative estimate of drug-likeness (QED) is 0.0519. The van der Waals surface area contributed by atoms with Gasteiger partial charge in [-0.2, -0.15) is 0 Å². The number of fused-ring (bicyclic) bond motifs is 5. The number of nitrogens with zero attached hydrogens (tertiary/aromatic N) is 2. The number of para-hydroxylation sites is 1. The third-order valence-corrected chi connectivity index (χ3v) is 12.2. The smallest absolute Gasteiger partial charge is 0.463 e. The summed E-state index contributed by atoms with van der Waals surface area (Å²) in [7, 11) is 3.90. The van der Waals surface area contributed by atoms with E-state index in [4.69, 9.17) is 38.1 Å². The largest absolute Gasteiger partial charge is 0.509 e. The van der Waals surface area contributed by atoms with Crippen molar-refractivity contribution in [3.8, 4) is 5.69 Å². The van der Waals surface area contributed by atoms with Crippen molar-refractivity contribution in [3.05, 3.63) is 69.3 Å². The van der Waals surface area contributed by atoms with Gasteiger partial charge in [-0.05, 0) is 43.9 Å². The van der Waals surface area contributed by atoms with E-state index in [1.807, 2.05) is 51.9 Å². The van der Waals surface area contributed by atoms with Crippen molar-refractivity contribution in [1.82, 2.24) is 9.55 Å². The Morgan fingerprint density at radius 1 is 0.962 bits per heavy atom. The number of benzene rings is 1. The van der Waals surface area contributed by atoms with E-state index in [9.17, 15) is 19.2 Å². The number of esters is 2. The van der Waals surface area contributed by atoms with E-state index in [0.29, 0.717) is 56.2 Å². The first kappa shape index (κ1) is 38.1. The molecule has 13 nitrogen and oxygen atoms in total. The first-order valence-corrected chi connectivity index (χ1v) is 20.1. The number of aromatic nitrogens is 2. The second-order valence-electron chi connectivity index (χ2n) is 12.6. The molecular formula is C37H44N2O11S2.